The molecule has 0 spiro atoms. The molecule has 0 aliphatic rings. The minimum atomic E-state index is 0.831. The number of rotatable bonds is 4. The van der Waals surface area contributed by atoms with Crippen LogP contribution in [0.3, 0.4) is 0 Å². The van der Waals surface area contributed by atoms with Gasteiger partial charge in [-0.2, -0.15) is 5.10 Å². The first kappa shape index (κ1) is 18.1. The molecule has 4 nitrogen and oxygen atoms in total. The molecule has 0 aliphatic carbocycles. The summed E-state index contributed by atoms with van der Waals surface area (Å²) in [4.78, 5) is 4.98. The average Bonchev–Trinajstić information content (AvgIpc) is 3.30. The summed E-state index contributed by atoms with van der Waals surface area (Å²) in [6.45, 7) is 2.04. The van der Waals surface area contributed by atoms with Gasteiger partial charge >= 0.3 is 0 Å². The van der Waals surface area contributed by atoms with Crippen molar-refractivity contribution in [2.45, 2.75) is 6.92 Å². The topological polar surface area (TPSA) is 35.1 Å². The minimum absolute atomic E-state index is 0.831. The Kier molecular flexibility index (Phi) is 4.52. The minimum Gasteiger partial charge on any atom is -0.350 e. The molecule has 0 saturated heterocycles. The summed E-state index contributed by atoms with van der Waals surface area (Å²) < 4.78 is 4.06. The van der Waals surface area contributed by atoms with Gasteiger partial charge in [0, 0.05) is 41.5 Å². The zero-order valence-electron chi connectivity index (χ0n) is 17.0. The van der Waals surface area contributed by atoms with Gasteiger partial charge in [-0.25, -0.2) is 9.67 Å². The Morgan fingerprint density at radius 2 is 1.50 bits per heavy atom. The molecular weight excluding hydrogens is 368 g/mol. The normalized spacial score (nSPS) is 11.5. The largest absolute Gasteiger partial charge is 0.350 e. The molecular formula is C26H22N4. The second-order valence-corrected chi connectivity index (χ2v) is 7.37. The predicted octanol–water partition coefficient (Wildman–Crippen LogP) is 6.09. The number of para-hydroxylation sites is 2. The quantitative estimate of drug-likeness (QED) is 0.342. The lowest BCUT2D eigenvalue weighted by atomic mass is 10.1. The number of nitrogens with zero attached hydrogens (tertiary/aromatic N) is 4. The highest BCUT2D eigenvalue weighted by Gasteiger charge is 2.17. The molecule has 0 radical (unpaired) electrons. The van der Waals surface area contributed by atoms with Crippen LogP contribution < -0.4 is 0 Å². The van der Waals surface area contributed by atoms with Crippen molar-refractivity contribution in [3.8, 4) is 16.8 Å². The van der Waals surface area contributed by atoms with E-state index in [1.807, 2.05) is 54.2 Å². The Balaban J connectivity index is 1.70. The van der Waals surface area contributed by atoms with Crippen molar-refractivity contribution in [1.29, 1.82) is 0 Å². The Labute approximate surface area is 175 Å². The van der Waals surface area contributed by atoms with Crippen LogP contribution in [0.15, 0.2) is 96.1 Å². The Morgan fingerprint density at radius 1 is 0.833 bits per heavy atom. The van der Waals surface area contributed by atoms with E-state index in [0.29, 0.717) is 0 Å². The van der Waals surface area contributed by atoms with Gasteiger partial charge in [0.25, 0.3) is 0 Å². The van der Waals surface area contributed by atoms with Crippen molar-refractivity contribution in [1.82, 2.24) is 14.3 Å². The van der Waals surface area contributed by atoms with E-state index in [2.05, 4.69) is 66.3 Å². The van der Waals surface area contributed by atoms with Crippen LogP contribution in [0.4, 0.5) is 5.82 Å². The molecule has 0 saturated carbocycles. The first-order chi connectivity index (χ1) is 14.7. The van der Waals surface area contributed by atoms with E-state index in [-0.39, 0.29) is 0 Å². The molecule has 2 aromatic heterocycles. The number of fused-ring (bicyclic) bond motifs is 1. The molecule has 0 amide bonds. The van der Waals surface area contributed by atoms with E-state index in [4.69, 9.17) is 10.1 Å². The van der Waals surface area contributed by atoms with Crippen LogP contribution in [0.5, 0.6) is 0 Å². The smallest absolute Gasteiger partial charge is 0.163 e. The summed E-state index contributed by atoms with van der Waals surface area (Å²) in [6, 6.07) is 28.9. The Hall–Kier alpha value is -3.92. The van der Waals surface area contributed by atoms with Crippen molar-refractivity contribution < 1.29 is 0 Å². The van der Waals surface area contributed by atoms with Crippen molar-refractivity contribution in [3.63, 3.8) is 0 Å². The number of aliphatic imine (C=N–C) groups is 1. The second kappa shape index (κ2) is 7.48. The molecule has 0 N–H and O–H groups in total. The van der Waals surface area contributed by atoms with Gasteiger partial charge in [-0.3, -0.25) is 0 Å². The van der Waals surface area contributed by atoms with Crippen LogP contribution in [0.2, 0.25) is 0 Å². The summed E-state index contributed by atoms with van der Waals surface area (Å²) >= 11 is 0. The highest BCUT2D eigenvalue weighted by molar-refractivity contribution is 6.00. The SMILES string of the molecule is Cc1nn(-c2ccccc2)c(N=Cc2cn(C)c3ccccc23)c1-c1ccccc1. The number of aryl methyl sites for hydroxylation is 2. The van der Waals surface area contributed by atoms with Crippen LogP contribution in [0.25, 0.3) is 27.7 Å². The van der Waals surface area contributed by atoms with Gasteiger partial charge < -0.3 is 4.57 Å². The van der Waals surface area contributed by atoms with Crippen LogP contribution in [0.1, 0.15) is 11.3 Å². The van der Waals surface area contributed by atoms with E-state index in [1.54, 1.807) is 0 Å². The molecule has 4 heteroatoms. The molecule has 146 valence electrons. The standard InChI is InChI=1S/C26H22N4/c1-19-25(20-11-5-3-6-12-20)26(30(28-19)22-13-7-4-8-14-22)27-17-21-18-29(2)24-16-10-9-15-23(21)24/h3-18H,1-2H3. The lowest BCUT2D eigenvalue weighted by Crippen LogP contribution is -1.96. The van der Waals surface area contributed by atoms with Gasteiger partial charge in [-0.15, -0.1) is 0 Å². The summed E-state index contributed by atoms with van der Waals surface area (Å²) in [5.41, 5.74) is 6.39. The summed E-state index contributed by atoms with van der Waals surface area (Å²) in [7, 11) is 2.06. The molecule has 30 heavy (non-hydrogen) atoms. The van der Waals surface area contributed by atoms with Crippen LogP contribution in [0, 0.1) is 6.92 Å². The van der Waals surface area contributed by atoms with Gasteiger partial charge in [0.05, 0.1) is 11.4 Å². The number of hydrogen-bond acceptors (Lipinski definition) is 2. The third kappa shape index (κ3) is 3.12. The molecule has 0 unspecified atom stereocenters. The van der Waals surface area contributed by atoms with Gasteiger partial charge in [-0.1, -0.05) is 66.7 Å². The van der Waals surface area contributed by atoms with E-state index >= 15 is 0 Å². The molecule has 0 atom stereocenters. The van der Waals surface area contributed by atoms with E-state index < -0.39 is 0 Å². The zero-order valence-corrected chi connectivity index (χ0v) is 17.0. The third-order valence-electron chi connectivity index (χ3n) is 5.35. The second-order valence-electron chi connectivity index (χ2n) is 7.37. The lowest BCUT2D eigenvalue weighted by molar-refractivity contribution is 0.863. The molecule has 5 aromatic rings. The summed E-state index contributed by atoms with van der Waals surface area (Å²) in [5.74, 6) is 0.831. The number of aromatic nitrogens is 3. The van der Waals surface area contributed by atoms with Gasteiger partial charge in [0.1, 0.15) is 0 Å². The van der Waals surface area contributed by atoms with Crippen LogP contribution >= 0.6 is 0 Å². The van der Waals surface area contributed by atoms with Crippen molar-refractivity contribution >= 4 is 22.9 Å². The number of hydrogen-bond donors (Lipinski definition) is 0. The fraction of sp³-hybridized carbons (Fsp3) is 0.0769. The first-order valence-electron chi connectivity index (χ1n) is 10.0. The van der Waals surface area contributed by atoms with Gasteiger partial charge in [0.15, 0.2) is 5.82 Å². The Bertz CT molecular complexity index is 1340. The maximum Gasteiger partial charge on any atom is 0.163 e. The molecule has 0 aliphatic heterocycles. The van der Waals surface area contributed by atoms with Crippen molar-refractivity contribution in [2.24, 2.45) is 12.0 Å². The van der Waals surface area contributed by atoms with E-state index in [1.165, 1.54) is 10.9 Å². The monoisotopic (exact) mass is 390 g/mol. The fourth-order valence-corrected chi connectivity index (χ4v) is 3.93. The molecule has 3 aromatic carbocycles. The van der Waals surface area contributed by atoms with Gasteiger partial charge in [0.2, 0.25) is 0 Å². The molecule has 5 rings (SSSR count). The van der Waals surface area contributed by atoms with E-state index in [9.17, 15) is 0 Å². The summed E-state index contributed by atoms with van der Waals surface area (Å²) in [6.07, 6.45) is 4.07. The zero-order chi connectivity index (χ0) is 20.5. The highest BCUT2D eigenvalue weighted by atomic mass is 15.3. The first-order valence-corrected chi connectivity index (χ1v) is 10.0. The van der Waals surface area contributed by atoms with Crippen molar-refractivity contribution in [3.05, 3.63) is 102 Å². The van der Waals surface area contributed by atoms with Crippen LogP contribution in [-0.4, -0.2) is 20.6 Å². The maximum absolute atomic E-state index is 4.98. The molecule has 0 fully saturated rings. The Morgan fingerprint density at radius 3 is 2.27 bits per heavy atom. The van der Waals surface area contributed by atoms with E-state index in [0.717, 1.165) is 33.9 Å². The highest BCUT2D eigenvalue weighted by Crippen LogP contribution is 2.35. The molecule has 2 heterocycles. The predicted molar refractivity (Wildman–Crippen MR) is 124 cm³/mol. The van der Waals surface area contributed by atoms with Gasteiger partial charge in [-0.05, 0) is 30.7 Å². The van der Waals surface area contributed by atoms with Crippen molar-refractivity contribution in [2.75, 3.05) is 0 Å². The maximum atomic E-state index is 4.98. The molecule has 0 bridgehead atoms. The average molecular weight is 390 g/mol. The van der Waals surface area contributed by atoms with Crippen LogP contribution in [-0.2, 0) is 7.05 Å². The lowest BCUT2D eigenvalue weighted by Gasteiger charge is -2.06. The fourth-order valence-electron chi connectivity index (χ4n) is 3.93. The number of benzene rings is 3. The third-order valence-corrected chi connectivity index (χ3v) is 5.35. The summed E-state index contributed by atoms with van der Waals surface area (Å²) in [5, 5.41) is 6.02.